The van der Waals surface area contributed by atoms with E-state index in [0.717, 1.165) is 40.9 Å². The highest BCUT2D eigenvalue weighted by atomic mass is 32.2. The molecule has 0 unspecified atom stereocenters. The predicted octanol–water partition coefficient (Wildman–Crippen LogP) is 4.96. The number of aromatic nitrogens is 3. The number of carbonyl (C=O) groups is 1. The van der Waals surface area contributed by atoms with Crippen LogP contribution in [0.3, 0.4) is 0 Å². The van der Waals surface area contributed by atoms with Crippen LogP contribution < -0.4 is 9.47 Å². The van der Waals surface area contributed by atoms with Gasteiger partial charge < -0.3 is 18.8 Å². The van der Waals surface area contributed by atoms with Crippen LogP contribution in [0.5, 0.6) is 11.5 Å². The number of fused-ring (bicyclic) bond motifs is 1. The van der Waals surface area contributed by atoms with Crippen LogP contribution in [-0.4, -0.2) is 51.1 Å². The fourth-order valence-corrected chi connectivity index (χ4v) is 5.53. The molecule has 3 aromatic rings. The molecule has 9 heteroatoms. The third-order valence-electron chi connectivity index (χ3n) is 6.39. The van der Waals surface area contributed by atoms with Crippen molar-refractivity contribution in [3.05, 3.63) is 42.2 Å². The number of hydrogen-bond acceptors (Lipinski definition) is 7. The van der Waals surface area contributed by atoms with Gasteiger partial charge in [-0.2, -0.15) is 0 Å². The highest BCUT2D eigenvalue weighted by Gasteiger charge is 2.26. The lowest BCUT2D eigenvalue weighted by Crippen LogP contribution is -2.32. The van der Waals surface area contributed by atoms with Crippen molar-refractivity contribution >= 4 is 17.7 Å². The first-order valence-electron chi connectivity index (χ1n) is 12.0. The maximum Gasteiger partial charge on any atom is 0.233 e. The highest BCUT2D eigenvalue weighted by Crippen LogP contribution is 2.36. The number of rotatable bonds is 8. The quantitative estimate of drug-likeness (QED) is 0.420. The van der Waals surface area contributed by atoms with E-state index in [1.165, 1.54) is 31.0 Å². The molecule has 8 nitrogen and oxygen atoms in total. The summed E-state index contributed by atoms with van der Waals surface area (Å²) in [5.41, 5.74) is 1.02. The summed E-state index contributed by atoms with van der Waals surface area (Å²) in [4.78, 5) is 15.0. The Morgan fingerprint density at radius 2 is 1.94 bits per heavy atom. The van der Waals surface area contributed by atoms with Crippen LogP contribution in [0.25, 0.3) is 11.6 Å². The Morgan fingerprint density at radius 3 is 2.71 bits per heavy atom. The molecule has 0 saturated heterocycles. The highest BCUT2D eigenvalue weighted by molar-refractivity contribution is 7.99. The van der Waals surface area contributed by atoms with Gasteiger partial charge in [0.25, 0.3) is 0 Å². The fraction of sp³-hybridized carbons (Fsp3) is 0.480. The van der Waals surface area contributed by atoms with Crippen molar-refractivity contribution < 1.29 is 18.7 Å². The monoisotopic (exact) mass is 482 g/mol. The zero-order valence-corrected chi connectivity index (χ0v) is 20.3. The van der Waals surface area contributed by atoms with Gasteiger partial charge in [-0.15, -0.1) is 10.2 Å². The third kappa shape index (κ3) is 4.94. The van der Waals surface area contributed by atoms with E-state index >= 15 is 0 Å². The summed E-state index contributed by atoms with van der Waals surface area (Å²) in [5, 5.41) is 9.66. The molecule has 2 aliphatic rings. The lowest BCUT2D eigenvalue weighted by molar-refractivity contribution is -0.128. The summed E-state index contributed by atoms with van der Waals surface area (Å²) < 4.78 is 19.1. The molecule has 180 valence electrons. The topological polar surface area (TPSA) is 82.6 Å². The molecule has 1 aliphatic heterocycles. The van der Waals surface area contributed by atoms with Gasteiger partial charge in [0.1, 0.15) is 13.2 Å². The molecule has 1 fully saturated rings. The second-order valence-corrected chi connectivity index (χ2v) is 9.56. The molecule has 1 saturated carbocycles. The van der Waals surface area contributed by atoms with Crippen LogP contribution in [-0.2, 0) is 11.3 Å². The zero-order valence-electron chi connectivity index (χ0n) is 19.4. The van der Waals surface area contributed by atoms with Crippen molar-refractivity contribution in [1.82, 2.24) is 19.7 Å². The standard InChI is InChI=1S/C25H30N4O4S/c1-2-28(16-18-10-11-20-22(15-18)33-14-13-32-20)23(30)17-34-25-27-26-24(21-9-6-12-31-21)29(25)19-7-4-3-5-8-19/h6,9-12,15,19H,2-5,7-8,13-14,16-17H2,1H3. The van der Waals surface area contributed by atoms with Gasteiger partial charge in [-0.05, 0) is 49.6 Å². The van der Waals surface area contributed by atoms with E-state index in [1.54, 1.807) is 6.26 Å². The smallest absolute Gasteiger partial charge is 0.233 e. The average molecular weight is 483 g/mol. The van der Waals surface area contributed by atoms with E-state index in [-0.39, 0.29) is 5.91 Å². The molecule has 0 spiro atoms. The van der Waals surface area contributed by atoms with Gasteiger partial charge >= 0.3 is 0 Å². The Bertz CT molecular complexity index is 1110. The van der Waals surface area contributed by atoms with Crippen LogP contribution in [0.15, 0.2) is 46.2 Å². The Hall–Kier alpha value is -2.94. The summed E-state index contributed by atoms with van der Waals surface area (Å²) in [6.07, 6.45) is 7.51. The maximum absolute atomic E-state index is 13.1. The minimum Gasteiger partial charge on any atom is -0.486 e. The minimum atomic E-state index is 0.0696. The van der Waals surface area contributed by atoms with Crippen LogP contribution in [0.2, 0.25) is 0 Å². The van der Waals surface area contributed by atoms with Gasteiger partial charge in [-0.3, -0.25) is 9.36 Å². The van der Waals surface area contributed by atoms with Crippen molar-refractivity contribution in [2.24, 2.45) is 0 Å². The lowest BCUT2D eigenvalue weighted by Gasteiger charge is -2.25. The molecular weight excluding hydrogens is 452 g/mol. The fourth-order valence-electron chi connectivity index (χ4n) is 4.62. The van der Waals surface area contributed by atoms with Crippen molar-refractivity contribution in [2.45, 2.75) is 56.8 Å². The van der Waals surface area contributed by atoms with E-state index in [9.17, 15) is 4.79 Å². The van der Waals surface area contributed by atoms with Crippen LogP contribution in [0, 0.1) is 0 Å². The summed E-state index contributed by atoms with van der Waals surface area (Å²) in [6.45, 7) is 4.27. The second-order valence-electron chi connectivity index (χ2n) is 8.62. The molecule has 34 heavy (non-hydrogen) atoms. The molecule has 0 N–H and O–H groups in total. The van der Waals surface area contributed by atoms with Crippen molar-refractivity contribution in [2.75, 3.05) is 25.5 Å². The van der Waals surface area contributed by atoms with Gasteiger partial charge in [-0.1, -0.05) is 37.1 Å². The molecule has 0 radical (unpaired) electrons. The van der Waals surface area contributed by atoms with Gasteiger partial charge in [-0.25, -0.2) is 0 Å². The van der Waals surface area contributed by atoms with Gasteiger partial charge in [0.2, 0.25) is 11.7 Å². The van der Waals surface area contributed by atoms with Gasteiger partial charge in [0.05, 0.1) is 12.0 Å². The largest absolute Gasteiger partial charge is 0.486 e. The van der Waals surface area contributed by atoms with Crippen LogP contribution >= 0.6 is 11.8 Å². The number of furan rings is 1. The average Bonchev–Trinajstić information content (AvgIpc) is 3.56. The molecule has 1 amide bonds. The van der Waals surface area contributed by atoms with Crippen molar-refractivity contribution in [1.29, 1.82) is 0 Å². The van der Waals surface area contributed by atoms with Crippen molar-refractivity contribution in [3.63, 3.8) is 0 Å². The van der Waals surface area contributed by atoms with E-state index in [4.69, 9.17) is 13.9 Å². The number of thioether (sulfide) groups is 1. The number of nitrogens with zero attached hydrogens (tertiary/aromatic N) is 4. The summed E-state index contributed by atoms with van der Waals surface area (Å²) in [7, 11) is 0. The van der Waals surface area contributed by atoms with Crippen LogP contribution in [0.4, 0.5) is 0 Å². The molecule has 1 aliphatic carbocycles. The Morgan fingerprint density at radius 1 is 1.12 bits per heavy atom. The molecule has 5 rings (SSSR count). The van der Waals surface area contributed by atoms with E-state index < -0.39 is 0 Å². The number of carbonyl (C=O) groups excluding carboxylic acids is 1. The SMILES string of the molecule is CCN(Cc1ccc2c(c1)OCCO2)C(=O)CSc1nnc(-c2ccco2)n1C1CCCCC1. The molecule has 0 bridgehead atoms. The van der Waals surface area contributed by atoms with E-state index in [1.807, 2.05) is 42.2 Å². The number of hydrogen-bond donors (Lipinski definition) is 0. The maximum atomic E-state index is 13.1. The Kier molecular flexibility index (Phi) is 7.08. The molecule has 1 aromatic carbocycles. The third-order valence-corrected chi connectivity index (χ3v) is 7.31. The van der Waals surface area contributed by atoms with Gasteiger partial charge in [0.15, 0.2) is 22.4 Å². The normalized spacial score (nSPS) is 15.9. The Balaban J connectivity index is 1.28. The van der Waals surface area contributed by atoms with Crippen LogP contribution in [0.1, 0.15) is 50.6 Å². The first kappa shape index (κ1) is 22.8. The minimum absolute atomic E-state index is 0.0696. The molecular formula is C25H30N4O4S. The number of amides is 1. The molecule has 3 heterocycles. The Labute approximate surface area is 203 Å². The summed E-state index contributed by atoms with van der Waals surface area (Å²) in [6, 6.07) is 9.98. The summed E-state index contributed by atoms with van der Waals surface area (Å²) >= 11 is 1.46. The predicted molar refractivity (Wildman–Crippen MR) is 129 cm³/mol. The number of benzene rings is 1. The first-order valence-corrected chi connectivity index (χ1v) is 13.0. The lowest BCUT2D eigenvalue weighted by atomic mass is 9.95. The second kappa shape index (κ2) is 10.5. The van der Waals surface area contributed by atoms with Gasteiger partial charge in [0, 0.05) is 19.1 Å². The van der Waals surface area contributed by atoms with E-state index in [2.05, 4.69) is 14.8 Å². The first-order chi connectivity index (χ1) is 16.7. The zero-order chi connectivity index (χ0) is 23.3. The van der Waals surface area contributed by atoms with Crippen molar-refractivity contribution in [3.8, 4) is 23.1 Å². The summed E-state index contributed by atoms with van der Waals surface area (Å²) in [5.74, 6) is 3.34. The molecule has 0 atom stereocenters. The van der Waals surface area contributed by atoms with E-state index in [0.29, 0.717) is 43.9 Å². The molecule has 2 aromatic heterocycles. The number of ether oxygens (including phenoxy) is 2.